The van der Waals surface area contributed by atoms with E-state index < -0.39 is 30.0 Å². The molecule has 1 saturated carbocycles. The minimum Gasteiger partial charge on any atom is -0.493 e. The third-order valence-corrected chi connectivity index (χ3v) is 7.56. The predicted molar refractivity (Wildman–Crippen MR) is 144 cm³/mol. The highest BCUT2D eigenvalue weighted by Gasteiger charge is 2.37. The number of methoxy groups -OCH3 is 1. The van der Waals surface area contributed by atoms with Gasteiger partial charge in [-0.3, -0.25) is 9.59 Å². The summed E-state index contributed by atoms with van der Waals surface area (Å²) in [5, 5.41) is 2.75. The molecule has 2 aromatic rings. The van der Waals surface area contributed by atoms with Gasteiger partial charge in [-0.2, -0.15) is 0 Å². The number of aromatic nitrogens is 1. The molecular weight excluding hydrogens is 500 g/mol. The third kappa shape index (κ3) is 7.49. The molecular formula is C30H38N2O7. The third-order valence-electron chi connectivity index (χ3n) is 7.56. The lowest BCUT2D eigenvalue weighted by Crippen LogP contribution is -2.45. The fourth-order valence-corrected chi connectivity index (χ4v) is 5.71. The Balaban J connectivity index is 1.53. The monoisotopic (exact) mass is 538 g/mol. The first-order valence-corrected chi connectivity index (χ1v) is 13.8. The lowest BCUT2D eigenvalue weighted by molar-refractivity contribution is -0.156. The van der Waals surface area contributed by atoms with Crippen LogP contribution in [0.2, 0.25) is 0 Å². The maximum atomic E-state index is 13.3. The van der Waals surface area contributed by atoms with Gasteiger partial charge in [0.15, 0.2) is 11.4 Å². The molecule has 2 fully saturated rings. The minimum atomic E-state index is -0.888. The van der Waals surface area contributed by atoms with E-state index in [-0.39, 0.29) is 29.2 Å². The number of benzene rings is 1. The molecule has 1 N–H and O–H groups in total. The molecule has 0 radical (unpaired) electrons. The highest BCUT2D eigenvalue weighted by molar-refractivity contribution is 5.98. The normalized spacial score (nSPS) is 24.0. The highest BCUT2D eigenvalue weighted by atomic mass is 16.6. The van der Waals surface area contributed by atoms with Crippen molar-refractivity contribution < 1.29 is 33.3 Å². The van der Waals surface area contributed by atoms with Crippen molar-refractivity contribution in [1.82, 2.24) is 10.3 Å². The van der Waals surface area contributed by atoms with Gasteiger partial charge in [-0.25, -0.2) is 9.78 Å². The Labute approximate surface area is 229 Å². The van der Waals surface area contributed by atoms with Crippen molar-refractivity contribution in [3.63, 3.8) is 0 Å². The van der Waals surface area contributed by atoms with E-state index in [0.29, 0.717) is 18.8 Å². The van der Waals surface area contributed by atoms with Crippen LogP contribution < -0.4 is 19.5 Å². The number of nitrogens with one attached hydrogen (secondary N) is 1. The molecule has 0 spiro atoms. The average molecular weight is 539 g/mol. The van der Waals surface area contributed by atoms with Crippen LogP contribution in [0, 0.1) is 11.8 Å². The molecule has 9 heteroatoms. The van der Waals surface area contributed by atoms with E-state index >= 15 is 0 Å². The summed E-state index contributed by atoms with van der Waals surface area (Å²) in [4.78, 5) is 42.3. The molecule has 4 atom stereocenters. The Kier molecular flexibility index (Phi) is 9.79. The molecule has 4 rings (SSSR count). The van der Waals surface area contributed by atoms with Gasteiger partial charge in [0.05, 0.1) is 7.11 Å². The Bertz CT molecular complexity index is 1130. The number of hydrogen-bond acceptors (Lipinski definition) is 8. The second-order valence-electron chi connectivity index (χ2n) is 10.4. The molecule has 2 aliphatic rings. The number of para-hydroxylation sites is 1. The van der Waals surface area contributed by atoms with Crippen LogP contribution in [0.4, 0.5) is 0 Å². The predicted octanol–water partition coefficient (Wildman–Crippen LogP) is 4.87. The molecule has 1 amide bonds. The van der Waals surface area contributed by atoms with E-state index in [4.69, 9.17) is 18.9 Å². The highest BCUT2D eigenvalue weighted by Crippen LogP contribution is 2.36. The van der Waals surface area contributed by atoms with Crippen molar-refractivity contribution in [3.8, 4) is 17.2 Å². The molecule has 1 aromatic carbocycles. The van der Waals surface area contributed by atoms with Crippen molar-refractivity contribution in [3.05, 3.63) is 48.3 Å². The number of carbonyl (C=O) groups excluding carboxylic acids is 3. The molecule has 1 aliphatic carbocycles. The quantitative estimate of drug-likeness (QED) is 0.474. The molecule has 0 bridgehead atoms. The number of rotatable bonds is 8. The van der Waals surface area contributed by atoms with E-state index in [1.807, 2.05) is 37.3 Å². The Morgan fingerprint density at radius 1 is 1.05 bits per heavy atom. The maximum absolute atomic E-state index is 13.3. The number of nitrogens with zero attached hydrogens (tertiary/aromatic N) is 1. The summed E-state index contributed by atoms with van der Waals surface area (Å²) in [6.45, 7) is 3.08. The lowest BCUT2D eigenvalue weighted by atomic mass is 9.83. The lowest BCUT2D eigenvalue weighted by Gasteiger charge is -2.33. The Morgan fingerprint density at radius 3 is 2.49 bits per heavy atom. The van der Waals surface area contributed by atoms with Crippen LogP contribution in [0.25, 0.3) is 0 Å². The molecule has 9 nitrogen and oxygen atoms in total. The number of esters is 2. The van der Waals surface area contributed by atoms with Gasteiger partial charge in [-0.05, 0) is 50.2 Å². The molecule has 1 aliphatic heterocycles. The largest absolute Gasteiger partial charge is 0.493 e. The summed E-state index contributed by atoms with van der Waals surface area (Å²) >= 11 is 0. The van der Waals surface area contributed by atoms with Crippen molar-refractivity contribution in [2.45, 2.75) is 83.5 Å². The fraction of sp³-hybridized carbons (Fsp3) is 0.533. The average Bonchev–Trinajstić information content (AvgIpc) is 3.44. The minimum absolute atomic E-state index is 0.0947. The molecule has 2 heterocycles. The van der Waals surface area contributed by atoms with Gasteiger partial charge in [0.2, 0.25) is 5.75 Å². The molecule has 4 unspecified atom stereocenters. The number of ether oxygens (including phenoxy) is 4. The summed E-state index contributed by atoms with van der Waals surface area (Å²) in [7, 11) is 1.40. The first-order valence-electron chi connectivity index (χ1n) is 13.8. The number of carbonyl (C=O) groups is 3. The zero-order chi connectivity index (χ0) is 27.8. The number of hydrogen-bond donors (Lipinski definition) is 1. The van der Waals surface area contributed by atoms with Crippen molar-refractivity contribution >= 4 is 17.8 Å². The van der Waals surface area contributed by atoms with Crippen LogP contribution in [0.3, 0.4) is 0 Å². The number of pyridine rings is 1. The Hall–Kier alpha value is -3.62. The van der Waals surface area contributed by atoms with Crippen molar-refractivity contribution in [2.75, 3.05) is 7.11 Å². The van der Waals surface area contributed by atoms with Gasteiger partial charge in [0, 0.05) is 19.2 Å². The molecule has 1 saturated heterocycles. The van der Waals surface area contributed by atoms with Gasteiger partial charge in [0.25, 0.3) is 5.91 Å². The fourth-order valence-electron chi connectivity index (χ4n) is 5.71. The standard InChI is InChI=1S/C30H38N2O7/c1-19-27(39-23-13-5-4-6-14-23)22(18-21-10-7-8-11-21)12-9-15-24(30(35)37-19)32-29(34)26-28(38-20(2)33)25(36-3)16-17-31-26/h4-6,13-14,16-17,19,21-22,24,27H,7-12,15,18H2,1-3H3,(H,32,34). The van der Waals surface area contributed by atoms with Crippen LogP contribution in [0.15, 0.2) is 42.6 Å². The van der Waals surface area contributed by atoms with Crippen molar-refractivity contribution in [2.24, 2.45) is 11.8 Å². The number of cyclic esters (lactones) is 1. The van der Waals surface area contributed by atoms with E-state index in [9.17, 15) is 14.4 Å². The Morgan fingerprint density at radius 2 is 1.79 bits per heavy atom. The van der Waals surface area contributed by atoms with Crippen LogP contribution >= 0.6 is 0 Å². The molecule has 39 heavy (non-hydrogen) atoms. The first-order chi connectivity index (χ1) is 18.9. The SMILES string of the molecule is COc1ccnc(C(=O)NC2CCCC(CC3CCCC3)C(Oc3ccccc3)C(C)OC2=O)c1OC(C)=O. The smallest absolute Gasteiger partial charge is 0.329 e. The van der Waals surface area contributed by atoms with Gasteiger partial charge in [0.1, 0.15) is 24.0 Å². The van der Waals surface area contributed by atoms with Gasteiger partial charge < -0.3 is 24.3 Å². The second-order valence-corrected chi connectivity index (χ2v) is 10.4. The topological polar surface area (TPSA) is 113 Å². The summed E-state index contributed by atoms with van der Waals surface area (Å²) in [5.74, 6) is -0.114. The van der Waals surface area contributed by atoms with E-state index in [2.05, 4.69) is 10.3 Å². The second kappa shape index (κ2) is 13.4. The zero-order valence-electron chi connectivity index (χ0n) is 22.9. The zero-order valence-corrected chi connectivity index (χ0v) is 22.9. The summed E-state index contributed by atoms with van der Waals surface area (Å²) < 4.78 is 22.8. The van der Waals surface area contributed by atoms with Crippen LogP contribution in [-0.2, 0) is 14.3 Å². The van der Waals surface area contributed by atoms with Gasteiger partial charge >= 0.3 is 11.9 Å². The maximum Gasteiger partial charge on any atom is 0.329 e. The first kappa shape index (κ1) is 28.4. The van der Waals surface area contributed by atoms with E-state index in [1.54, 1.807) is 0 Å². The molecule has 210 valence electrons. The van der Waals surface area contributed by atoms with Crippen LogP contribution in [-0.4, -0.2) is 48.2 Å². The van der Waals surface area contributed by atoms with Crippen LogP contribution in [0.5, 0.6) is 17.2 Å². The number of amides is 1. The summed E-state index contributed by atoms with van der Waals surface area (Å²) in [6, 6.07) is 10.2. The van der Waals surface area contributed by atoms with Gasteiger partial charge in [-0.15, -0.1) is 0 Å². The van der Waals surface area contributed by atoms with Gasteiger partial charge in [-0.1, -0.05) is 50.3 Å². The summed E-state index contributed by atoms with van der Waals surface area (Å²) in [5.41, 5.74) is -0.144. The molecule has 1 aromatic heterocycles. The van der Waals surface area contributed by atoms with Crippen molar-refractivity contribution in [1.29, 1.82) is 0 Å². The van der Waals surface area contributed by atoms with E-state index in [0.717, 1.165) is 18.6 Å². The van der Waals surface area contributed by atoms with Crippen LogP contribution in [0.1, 0.15) is 75.7 Å². The summed E-state index contributed by atoms with van der Waals surface area (Å²) in [6.07, 6.45) is 8.50. The van der Waals surface area contributed by atoms with E-state index in [1.165, 1.54) is 52.0 Å².